The molecule has 0 saturated carbocycles. The first kappa shape index (κ1) is 22.0. The van der Waals surface area contributed by atoms with Gasteiger partial charge in [0.2, 0.25) is 0 Å². The molecule has 0 unspecified atom stereocenters. The predicted molar refractivity (Wildman–Crippen MR) is 123 cm³/mol. The van der Waals surface area contributed by atoms with Crippen molar-refractivity contribution in [3.8, 4) is 11.5 Å². The molecule has 0 saturated heterocycles. The van der Waals surface area contributed by atoms with E-state index in [9.17, 15) is 4.79 Å². The largest absolute Gasteiger partial charge is 0.497 e. The molecule has 0 aliphatic carbocycles. The lowest BCUT2D eigenvalue weighted by molar-refractivity contribution is 0.390. The van der Waals surface area contributed by atoms with Crippen molar-refractivity contribution in [1.82, 2.24) is 15.2 Å². The van der Waals surface area contributed by atoms with E-state index >= 15 is 0 Å². The quantitative estimate of drug-likeness (QED) is 0.433. The minimum absolute atomic E-state index is 0.00314. The van der Waals surface area contributed by atoms with E-state index in [4.69, 9.17) is 9.47 Å². The topological polar surface area (TPSA) is 76.9 Å². The lowest BCUT2D eigenvalue weighted by atomic mass is 10.1. The molecule has 0 radical (unpaired) electrons. The first-order valence-electron chi connectivity index (χ1n) is 10.0. The number of guanidine groups is 1. The van der Waals surface area contributed by atoms with Crippen molar-refractivity contribution in [3.63, 3.8) is 0 Å². The van der Waals surface area contributed by atoms with E-state index in [1.54, 1.807) is 44.2 Å². The summed E-state index contributed by atoms with van der Waals surface area (Å²) in [5.74, 6) is 2.21. The summed E-state index contributed by atoms with van der Waals surface area (Å²) in [6, 6.07) is 19.1. The summed E-state index contributed by atoms with van der Waals surface area (Å²) in [7, 11) is 5.01. The number of hydrogen-bond donors (Lipinski definition) is 2. The van der Waals surface area contributed by atoms with Crippen LogP contribution in [0.1, 0.15) is 16.7 Å². The summed E-state index contributed by atoms with van der Waals surface area (Å²) in [6.45, 7) is 1.75. The average Bonchev–Trinajstić information content (AvgIpc) is 2.81. The summed E-state index contributed by atoms with van der Waals surface area (Å²) in [5, 5.41) is 6.61. The smallest absolute Gasteiger partial charge is 0.250 e. The molecule has 2 N–H and O–H groups in total. The van der Waals surface area contributed by atoms with Crippen LogP contribution in [0, 0.1) is 0 Å². The van der Waals surface area contributed by atoms with E-state index in [2.05, 4.69) is 27.8 Å². The third-order valence-electron chi connectivity index (χ3n) is 4.90. The maximum Gasteiger partial charge on any atom is 0.250 e. The second-order valence-electron chi connectivity index (χ2n) is 6.94. The van der Waals surface area contributed by atoms with Gasteiger partial charge in [0.1, 0.15) is 11.5 Å². The van der Waals surface area contributed by atoms with Crippen molar-refractivity contribution in [2.75, 3.05) is 21.3 Å². The molecule has 0 aliphatic rings. The number of pyridine rings is 1. The van der Waals surface area contributed by atoms with Crippen LogP contribution in [0.15, 0.2) is 76.6 Å². The summed E-state index contributed by atoms with van der Waals surface area (Å²) in [6.07, 6.45) is 1.80. The number of methoxy groups -OCH3 is 2. The van der Waals surface area contributed by atoms with Crippen LogP contribution in [0.3, 0.4) is 0 Å². The van der Waals surface area contributed by atoms with Gasteiger partial charge in [-0.25, -0.2) is 0 Å². The Bertz CT molecular complexity index is 1070. The van der Waals surface area contributed by atoms with Crippen LogP contribution in [0.2, 0.25) is 0 Å². The molecule has 1 heterocycles. The number of rotatable bonds is 8. The number of nitrogens with zero attached hydrogens (tertiary/aromatic N) is 2. The highest BCUT2D eigenvalue weighted by atomic mass is 16.5. The highest BCUT2D eigenvalue weighted by Crippen LogP contribution is 2.24. The van der Waals surface area contributed by atoms with Gasteiger partial charge in [-0.2, -0.15) is 0 Å². The van der Waals surface area contributed by atoms with Gasteiger partial charge in [-0.05, 0) is 29.3 Å². The number of aliphatic imine (C=N–C) groups is 1. The predicted octanol–water partition coefficient (Wildman–Crippen LogP) is 2.78. The van der Waals surface area contributed by atoms with Crippen LogP contribution >= 0.6 is 0 Å². The lowest BCUT2D eigenvalue weighted by Gasteiger charge is -2.15. The van der Waals surface area contributed by atoms with E-state index < -0.39 is 0 Å². The van der Waals surface area contributed by atoms with Crippen molar-refractivity contribution in [2.45, 2.75) is 19.6 Å². The standard InChI is InChI=1S/C24H28N4O3/c1-25-24(27-16-20-11-12-21(30-2)14-22(20)31-3)26-15-18-7-9-19(10-8-18)17-28-13-5-4-6-23(28)29/h4-14H,15-17H2,1-3H3,(H2,25,26,27). The molecular weight excluding hydrogens is 392 g/mol. The number of hydrogen-bond acceptors (Lipinski definition) is 4. The minimum Gasteiger partial charge on any atom is -0.497 e. The Kier molecular flexibility index (Phi) is 7.70. The van der Waals surface area contributed by atoms with Gasteiger partial charge in [-0.1, -0.05) is 30.3 Å². The maximum absolute atomic E-state index is 11.9. The van der Waals surface area contributed by atoms with E-state index in [1.807, 2.05) is 36.4 Å². The van der Waals surface area contributed by atoms with Crippen LogP contribution in [-0.4, -0.2) is 31.8 Å². The molecule has 0 amide bonds. The molecule has 3 rings (SSSR count). The fourth-order valence-corrected chi connectivity index (χ4v) is 3.13. The van der Waals surface area contributed by atoms with Gasteiger partial charge in [0.05, 0.1) is 20.8 Å². The Hall–Kier alpha value is -3.74. The SMILES string of the molecule is CN=C(NCc1ccc(Cn2ccccc2=O)cc1)NCc1ccc(OC)cc1OC. The van der Waals surface area contributed by atoms with Gasteiger partial charge in [0, 0.05) is 44.0 Å². The van der Waals surface area contributed by atoms with Gasteiger partial charge >= 0.3 is 0 Å². The molecule has 0 spiro atoms. The van der Waals surface area contributed by atoms with E-state index in [0.29, 0.717) is 25.6 Å². The molecule has 0 aliphatic heterocycles. The fourth-order valence-electron chi connectivity index (χ4n) is 3.13. The van der Waals surface area contributed by atoms with E-state index in [1.165, 1.54) is 0 Å². The second kappa shape index (κ2) is 10.9. The zero-order valence-electron chi connectivity index (χ0n) is 18.1. The molecule has 162 valence electrons. The molecule has 7 nitrogen and oxygen atoms in total. The monoisotopic (exact) mass is 420 g/mol. The molecule has 1 aromatic heterocycles. The molecule has 0 atom stereocenters. The summed E-state index contributed by atoms with van der Waals surface area (Å²) in [5.41, 5.74) is 3.20. The zero-order valence-corrected chi connectivity index (χ0v) is 18.1. The summed E-state index contributed by atoms with van der Waals surface area (Å²) < 4.78 is 12.4. The van der Waals surface area contributed by atoms with Crippen LogP contribution in [0.4, 0.5) is 0 Å². The number of aromatic nitrogens is 1. The van der Waals surface area contributed by atoms with Crippen LogP contribution in [0.5, 0.6) is 11.5 Å². The Morgan fingerprint density at radius 1 is 0.935 bits per heavy atom. The molecule has 7 heteroatoms. The second-order valence-corrected chi connectivity index (χ2v) is 6.94. The van der Waals surface area contributed by atoms with Crippen LogP contribution < -0.4 is 25.7 Å². The van der Waals surface area contributed by atoms with Crippen molar-refractivity contribution < 1.29 is 9.47 Å². The van der Waals surface area contributed by atoms with Crippen molar-refractivity contribution in [1.29, 1.82) is 0 Å². The Labute approximate surface area is 182 Å². The highest BCUT2D eigenvalue weighted by molar-refractivity contribution is 5.79. The van der Waals surface area contributed by atoms with Crippen molar-refractivity contribution in [3.05, 3.63) is 93.9 Å². The van der Waals surface area contributed by atoms with Crippen LogP contribution in [0.25, 0.3) is 0 Å². The van der Waals surface area contributed by atoms with Gasteiger partial charge in [0.25, 0.3) is 5.56 Å². The Morgan fingerprint density at radius 3 is 2.35 bits per heavy atom. The first-order valence-corrected chi connectivity index (χ1v) is 10.0. The first-order chi connectivity index (χ1) is 15.1. The molecular formula is C24H28N4O3. The van der Waals surface area contributed by atoms with Gasteiger partial charge in [0.15, 0.2) is 5.96 Å². The normalized spacial score (nSPS) is 11.1. The van der Waals surface area contributed by atoms with E-state index in [-0.39, 0.29) is 5.56 Å². The number of nitrogens with one attached hydrogen (secondary N) is 2. The van der Waals surface area contributed by atoms with Gasteiger partial charge < -0.3 is 24.7 Å². The highest BCUT2D eigenvalue weighted by Gasteiger charge is 2.06. The third-order valence-corrected chi connectivity index (χ3v) is 4.90. The van der Waals surface area contributed by atoms with Crippen molar-refractivity contribution in [2.24, 2.45) is 4.99 Å². The molecule has 2 aromatic carbocycles. The zero-order chi connectivity index (χ0) is 22.1. The molecule has 31 heavy (non-hydrogen) atoms. The van der Waals surface area contributed by atoms with Crippen LogP contribution in [-0.2, 0) is 19.6 Å². The van der Waals surface area contributed by atoms with Gasteiger partial charge in [-0.15, -0.1) is 0 Å². The summed E-state index contributed by atoms with van der Waals surface area (Å²) >= 11 is 0. The maximum atomic E-state index is 11.9. The summed E-state index contributed by atoms with van der Waals surface area (Å²) in [4.78, 5) is 16.1. The van der Waals surface area contributed by atoms with E-state index in [0.717, 1.165) is 28.2 Å². The molecule has 0 bridgehead atoms. The molecule has 0 fully saturated rings. The van der Waals surface area contributed by atoms with Gasteiger partial charge in [-0.3, -0.25) is 9.79 Å². The minimum atomic E-state index is -0.00314. The Balaban J connectivity index is 1.54. The lowest BCUT2D eigenvalue weighted by Crippen LogP contribution is -2.36. The number of ether oxygens (including phenoxy) is 2. The van der Waals surface area contributed by atoms with Crippen molar-refractivity contribution >= 4 is 5.96 Å². The fraction of sp³-hybridized carbons (Fsp3) is 0.250. The average molecular weight is 421 g/mol. The Morgan fingerprint density at radius 2 is 1.68 bits per heavy atom. The number of benzene rings is 2. The third kappa shape index (κ3) is 6.12. The molecule has 3 aromatic rings.